The Bertz CT molecular complexity index is 925. The maximum Gasteiger partial charge on any atom is 0.298 e. The molecule has 0 radical (unpaired) electrons. The number of benzene rings is 1. The van der Waals surface area contributed by atoms with E-state index in [0.29, 0.717) is 25.5 Å². The number of piperazine rings is 1. The summed E-state index contributed by atoms with van der Waals surface area (Å²) in [5.74, 6) is 0.142. The van der Waals surface area contributed by atoms with Gasteiger partial charge in [0, 0.05) is 38.1 Å². The van der Waals surface area contributed by atoms with E-state index in [-0.39, 0.29) is 5.91 Å². The summed E-state index contributed by atoms with van der Waals surface area (Å²) < 4.78 is 5.87. The number of fused-ring (bicyclic) bond motifs is 1. The molecule has 3 aromatic rings. The molecule has 1 fully saturated rings. The normalized spacial score (nSPS) is 14.8. The van der Waals surface area contributed by atoms with Gasteiger partial charge in [0.2, 0.25) is 5.91 Å². The Morgan fingerprint density at radius 2 is 1.92 bits per heavy atom. The second kappa shape index (κ2) is 6.78. The molecule has 0 unspecified atom stereocenters. The second-order valence-electron chi connectivity index (χ2n) is 6.82. The third-order valence-corrected chi connectivity index (χ3v) is 4.76. The van der Waals surface area contributed by atoms with Crippen molar-refractivity contribution in [1.29, 1.82) is 0 Å². The third-order valence-electron chi connectivity index (χ3n) is 4.76. The number of carbonyl (C=O) groups excluding carboxylic acids is 1. The van der Waals surface area contributed by atoms with E-state index in [1.165, 1.54) is 5.56 Å². The molecule has 1 amide bonds. The van der Waals surface area contributed by atoms with Gasteiger partial charge in [-0.25, -0.2) is 0 Å². The first-order valence-electron chi connectivity index (χ1n) is 8.90. The van der Waals surface area contributed by atoms with Crippen LogP contribution in [0.5, 0.6) is 0 Å². The molecule has 3 heterocycles. The van der Waals surface area contributed by atoms with Gasteiger partial charge in [0.25, 0.3) is 6.01 Å². The summed E-state index contributed by atoms with van der Waals surface area (Å²) in [6, 6.07) is 10.6. The van der Waals surface area contributed by atoms with Crippen molar-refractivity contribution in [3.8, 4) is 0 Å². The molecule has 1 aromatic carbocycles. The molecule has 134 valence electrons. The summed E-state index contributed by atoms with van der Waals surface area (Å²) >= 11 is 0. The van der Waals surface area contributed by atoms with E-state index >= 15 is 0 Å². The fourth-order valence-electron chi connectivity index (χ4n) is 3.20. The molecule has 2 aromatic heterocycles. The molecule has 26 heavy (non-hydrogen) atoms. The minimum Gasteiger partial charge on any atom is -0.423 e. The van der Waals surface area contributed by atoms with Crippen molar-refractivity contribution in [3.05, 3.63) is 53.3 Å². The molecule has 6 nitrogen and oxygen atoms in total. The number of rotatable bonds is 3. The highest BCUT2D eigenvalue weighted by Gasteiger charge is 2.24. The molecule has 0 aliphatic carbocycles. The fourth-order valence-corrected chi connectivity index (χ4v) is 3.20. The van der Waals surface area contributed by atoms with Gasteiger partial charge in [0.05, 0.1) is 6.42 Å². The van der Waals surface area contributed by atoms with Gasteiger partial charge < -0.3 is 14.2 Å². The first-order chi connectivity index (χ1) is 12.6. The van der Waals surface area contributed by atoms with E-state index < -0.39 is 0 Å². The SMILES string of the molecule is Cc1ccc2oc(N3CCN(C(=O)Cc4ccc(C)nc4)CC3)nc2c1. The van der Waals surface area contributed by atoms with Crippen LogP contribution in [0.25, 0.3) is 11.1 Å². The molecule has 1 aliphatic rings. The minimum atomic E-state index is 0.142. The molecular formula is C20H22N4O2. The lowest BCUT2D eigenvalue weighted by atomic mass is 10.1. The Kier molecular flexibility index (Phi) is 4.32. The van der Waals surface area contributed by atoms with Gasteiger partial charge in [-0.05, 0) is 43.2 Å². The number of aromatic nitrogens is 2. The van der Waals surface area contributed by atoms with Crippen LogP contribution in [0.3, 0.4) is 0 Å². The van der Waals surface area contributed by atoms with Crippen LogP contribution < -0.4 is 4.90 Å². The molecule has 0 spiro atoms. The summed E-state index contributed by atoms with van der Waals surface area (Å²) in [7, 11) is 0. The standard InChI is InChI=1S/C20H22N4O2/c1-14-3-6-18-17(11-14)22-20(26-18)24-9-7-23(8-10-24)19(25)12-16-5-4-15(2)21-13-16/h3-6,11,13H,7-10,12H2,1-2H3. The fraction of sp³-hybridized carbons (Fsp3) is 0.350. The van der Waals surface area contributed by atoms with Crippen LogP contribution in [0.1, 0.15) is 16.8 Å². The summed E-state index contributed by atoms with van der Waals surface area (Å²) in [5.41, 5.74) is 4.76. The van der Waals surface area contributed by atoms with E-state index in [1.54, 1.807) is 6.20 Å². The van der Waals surface area contributed by atoms with Crippen molar-refractivity contribution < 1.29 is 9.21 Å². The van der Waals surface area contributed by atoms with E-state index in [4.69, 9.17) is 4.42 Å². The number of hydrogen-bond acceptors (Lipinski definition) is 5. The number of pyridine rings is 1. The number of nitrogens with zero attached hydrogens (tertiary/aromatic N) is 4. The third kappa shape index (κ3) is 3.40. The highest BCUT2D eigenvalue weighted by molar-refractivity contribution is 5.79. The van der Waals surface area contributed by atoms with Gasteiger partial charge in [-0.15, -0.1) is 0 Å². The predicted octanol–water partition coefficient (Wildman–Crippen LogP) is 2.73. The monoisotopic (exact) mass is 350 g/mol. The molecule has 0 N–H and O–H groups in total. The highest BCUT2D eigenvalue weighted by Crippen LogP contribution is 2.23. The van der Waals surface area contributed by atoms with Crippen molar-refractivity contribution in [2.75, 3.05) is 31.1 Å². The Labute approximate surface area is 152 Å². The predicted molar refractivity (Wildman–Crippen MR) is 100 cm³/mol. The molecule has 0 atom stereocenters. The summed E-state index contributed by atoms with van der Waals surface area (Å²) in [5, 5.41) is 0. The first-order valence-corrected chi connectivity index (χ1v) is 8.90. The summed E-state index contributed by atoms with van der Waals surface area (Å²) in [4.78, 5) is 25.4. The van der Waals surface area contributed by atoms with E-state index in [1.807, 2.05) is 49.1 Å². The maximum atomic E-state index is 12.5. The average molecular weight is 350 g/mol. The van der Waals surface area contributed by atoms with Gasteiger partial charge >= 0.3 is 0 Å². The van der Waals surface area contributed by atoms with Crippen LogP contribution in [-0.4, -0.2) is 47.0 Å². The molecule has 6 heteroatoms. The lowest BCUT2D eigenvalue weighted by Crippen LogP contribution is -2.49. The lowest BCUT2D eigenvalue weighted by molar-refractivity contribution is -0.130. The quantitative estimate of drug-likeness (QED) is 0.727. The number of aryl methyl sites for hydroxylation is 2. The zero-order valence-corrected chi connectivity index (χ0v) is 15.1. The van der Waals surface area contributed by atoms with Gasteiger partial charge in [0.1, 0.15) is 5.52 Å². The van der Waals surface area contributed by atoms with Crippen molar-refractivity contribution in [3.63, 3.8) is 0 Å². The maximum absolute atomic E-state index is 12.5. The molecule has 0 saturated carbocycles. The zero-order valence-electron chi connectivity index (χ0n) is 15.1. The number of anilines is 1. The van der Waals surface area contributed by atoms with Crippen molar-refractivity contribution >= 4 is 23.0 Å². The molecule has 1 aliphatic heterocycles. The zero-order chi connectivity index (χ0) is 18.1. The lowest BCUT2D eigenvalue weighted by Gasteiger charge is -2.33. The number of hydrogen-bond donors (Lipinski definition) is 0. The van der Waals surface area contributed by atoms with Crippen LogP contribution in [-0.2, 0) is 11.2 Å². The Morgan fingerprint density at radius 3 is 2.65 bits per heavy atom. The molecule has 0 bridgehead atoms. The van der Waals surface area contributed by atoms with E-state index in [9.17, 15) is 4.79 Å². The van der Waals surface area contributed by atoms with E-state index in [2.05, 4.69) is 14.9 Å². The Balaban J connectivity index is 1.38. The van der Waals surface area contributed by atoms with Gasteiger partial charge in [-0.3, -0.25) is 9.78 Å². The van der Waals surface area contributed by atoms with Crippen molar-refractivity contribution in [2.45, 2.75) is 20.3 Å². The minimum absolute atomic E-state index is 0.142. The van der Waals surface area contributed by atoms with Gasteiger partial charge in [-0.2, -0.15) is 4.98 Å². The van der Waals surface area contributed by atoms with Crippen LogP contribution in [0.4, 0.5) is 6.01 Å². The smallest absolute Gasteiger partial charge is 0.298 e. The Hall–Kier alpha value is -2.89. The Morgan fingerprint density at radius 1 is 1.12 bits per heavy atom. The second-order valence-corrected chi connectivity index (χ2v) is 6.82. The topological polar surface area (TPSA) is 62.5 Å². The summed E-state index contributed by atoms with van der Waals surface area (Å²) in [6.07, 6.45) is 2.18. The number of amides is 1. The average Bonchev–Trinajstić information content (AvgIpc) is 3.07. The van der Waals surface area contributed by atoms with Crippen LogP contribution >= 0.6 is 0 Å². The van der Waals surface area contributed by atoms with Gasteiger partial charge in [-0.1, -0.05) is 12.1 Å². The first kappa shape index (κ1) is 16.6. The van der Waals surface area contributed by atoms with Gasteiger partial charge in [0.15, 0.2) is 5.58 Å². The molecule has 4 rings (SSSR count). The van der Waals surface area contributed by atoms with Crippen molar-refractivity contribution in [2.24, 2.45) is 0 Å². The van der Waals surface area contributed by atoms with Crippen LogP contribution in [0.2, 0.25) is 0 Å². The number of oxazole rings is 1. The van der Waals surface area contributed by atoms with Crippen LogP contribution in [0, 0.1) is 13.8 Å². The van der Waals surface area contributed by atoms with Crippen LogP contribution in [0.15, 0.2) is 40.9 Å². The van der Waals surface area contributed by atoms with E-state index in [0.717, 1.165) is 35.4 Å². The highest BCUT2D eigenvalue weighted by atomic mass is 16.4. The summed E-state index contributed by atoms with van der Waals surface area (Å²) in [6.45, 7) is 6.79. The van der Waals surface area contributed by atoms with Crippen molar-refractivity contribution in [1.82, 2.24) is 14.9 Å². The molecular weight excluding hydrogens is 328 g/mol. The molecule has 1 saturated heterocycles. The largest absolute Gasteiger partial charge is 0.423 e. The number of carbonyl (C=O) groups is 1.